The monoisotopic (exact) mass is 265 g/mol. The largest absolute Gasteiger partial charge is 0.341 e. The Morgan fingerprint density at radius 1 is 1.37 bits per heavy atom. The van der Waals surface area contributed by atoms with E-state index in [9.17, 15) is 4.79 Å². The minimum atomic E-state index is -0.179. The molecule has 2 rings (SSSR count). The first-order valence-corrected chi connectivity index (χ1v) is 7.03. The van der Waals surface area contributed by atoms with Crippen LogP contribution >= 0.6 is 0 Å². The summed E-state index contributed by atoms with van der Waals surface area (Å²) in [6.07, 6.45) is 6.39. The Morgan fingerprint density at radius 3 is 2.63 bits per heavy atom. The van der Waals surface area contributed by atoms with Crippen LogP contribution in [-0.4, -0.2) is 44.7 Å². The van der Waals surface area contributed by atoms with Gasteiger partial charge in [0.1, 0.15) is 6.33 Å². The summed E-state index contributed by atoms with van der Waals surface area (Å²) in [6, 6.07) is -0.179. The Balaban J connectivity index is 1.81. The average molecular weight is 265 g/mol. The van der Waals surface area contributed by atoms with Crippen molar-refractivity contribution in [3.63, 3.8) is 0 Å². The molecule has 1 aromatic rings. The Kier molecular flexibility index (Phi) is 4.90. The molecule has 2 heterocycles. The van der Waals surface area contributed by atoms with Gasteiger partial charge in [0.05, 0.1) is 12.6 Å². The highest BCUT2D eigenvalue weighted by Gasteiger charge is 2.21. The molecule has 1 atom stereocenters. The van der Waals surface area contributed by atoms with Crippen molar-refractivity contribution in [2.24, 2.45) is 7.05 Å². The SMILES string of the molecule is CC(NCc1ncn(C)n1)C(=O)N1CCCCCC1. The number of rotatable bonds is 4. The summed E-state index contributed by atoms with van der Waals surface area (Å²) in [6.45, 7) is 4.23. The molecule has 1 unspecified atom stereocenters. The third kappa shape index (κ3) is 4.02. The van der Waals surface area contributed by atoms with Gasteiger partial charge in [0.25, 0.3) is 0 Å². The van der Waals surface area contributed by atoms with Gasteiger partial charge in [0, 0.05) is 20.1 Å². The van der Waals surface area contributed by atoms with Crippen LogP contribution in [0.15, 0.2) is 6.33 Å². The summed E-state index contributed by atoms with van der Waals surface area (Å²) in [4.78, 5) is 18.4. The van der Waals surface area contributed by atoms with Crippen LogP contribution in [0.5, 0.6) is 0 Å². The topological polar surface area (TPSA) is 63.1 Å². The molecule has 0 saturated carbocycles. The molecule has 1 saturated heterocycles. The third-order valence-electron chi connectivity index (χ3n) is 3.50. The lowest BCUT2D eigenvalue weighted by Crippen LogP contribution is -2.45. The number of amides is 1. The molecule has 19 heavy (non-hydrogen) atoms. The zero-order valence-electron chi connectivity index (χ0n) is 11.8. The molecule has 1 aliphatic rings. The lowest BCUT2D eigenvalue weighted by molar-refractivity contribution is -0.133. The van der Waals surface area contributed by atoms with Gasteiger partial charge in [-0.05, 0) is 19.8 Å². The van der Waals surface area contributed by atoms with E-state index in [1.54, 1.807) is 11.0 Å². The summed E-state index contributed by atoms with van der Waals surface area (Å²) in [5.41, 5.74) is 0. The fourth-order valence-corrected chi connectivity index (χ4v) is 2.36. The van der Waals surface area contributed by atoms with Crippen LogP contribution in [0.4, 0.5) is 0 Å². The number of aromatic nitrogens is 3. The highest BCUT2D eigenvalue weighted by Crippen LogP contribution is 2.10. The van der Waals surface area contributed by atoms with Crippen molar-refractivity contribution in [1.29, 1.82) is 0 Å². The Labute approximate surface area is 114 Å². The molecular formula is C13H23N5O. The molecule has 0 aliphatic carbocycles. The number of hydrogen-bond acceptors (Lipinski definition) is 4. The average Bonchev–Trinajstić information content (AvgIpc) is 2.67. The quantitative estimate of drug-likeness (QED) is 0.870. The molecule has 0 spiro atoms. The van der Waals surface area contributed by atoms with Gasteiger partial charge in [-0.3, -0.25) is 14.8 Å². The summed E-state index contributed by atoms with van der Waals surface area (Å²) in [5.74, 6) is 0.913. The molecular weight excluding hydrogens is 242 g/mol. The highest BCUT2D eigenvalue weighted by atomic mass is 16.2. The van der Waals surface area contributed by atoms with Crippen LogP contribution in [0.1, 0.15) is 38.4 Å². The van der Waals surface area contributed by atoms with Crippen LogP contribution in [0.3, 0.4) is 0 Å². The number of nitrogens with one attached hydrogen (secondary N) is 1. The standard InChI is InChI=1S/C13H23N5O/c1-11(14-9-12-15-10-17(2)16-12)13(19)18-7-5-3-4-6-8-18/h10-11,14H,3-9H2,1-2H3. The van der Waals surface area contributed by atoms with Crippen LogP contribution in [0.2, 0.25) is 0 Å². The van der Waals surface area contributed by atoms with Gasteiger partial charge in [0.15, 0.2) is 5.82 Å². The van der Waals surface area contributed by atoms with E-state index in [1.165, 1.54) is 12.8 Å². The molecule has 1 N–H and O–H groups in total. The van der Waals surface area contributed by atoms with Crippen LogP contribution < -0.4 is 5.32 Å². The summed E-state index contributed by atoms with van der Waals surface area (Å²) in [7, 11) is 1.84. The van der Waals surface area contributed by atoms with Gasteiger partial charge in [-0.25, -0.2) is 4.98 Å². The molecule has 0 aromatic carbocycles. The van der Waals surface area contributed by atoms with Crippen LogP contribution in [0.25, 0.3) is 0 Å². The summed E-state index contributed by atoms with van der Waals surface area (Å²) < 4.78 is 1.66. The second-order valence-corrected chi connectivity index (χ2v) is 5.18. The first-order valence-electron chi connectivity index (χ1n) is 7.03. The van der Waals surface area contributed by atoms with Crippen LogP contribution in [-0.2, 0) is 18.4 Å². The van der Waals surface area contributed by atoms with Gasteiger partial charge in [-0.1, -0.05) is 12.8 Å². The maximum atomic E-state index is 12.3. The maximum Gasteiger partial charge on any atom is 0.239 e. The second-order valence-electron chi connectivity index (χ2n) is 5.18. The summed E-state index contributed by atoms with van der Waals surface area (Å²) in [5, 5.41) is 7.39. The van der Waals surface area contributed by atoms with Crippen molar-refractivity contribution in [3.05, 3.63) is 12.2 Å². The molecule has 1 aliphatic heterocycles. The number of hydrogen-bond donors (Lipinski definition) is 1. The fourth-order valence-electron chi connectivity index (χ4n) is 2.36. The molecule has 6 nitrogen and oxygen atoms in total. The number of carbonyl (C=O) groups excluding carboxylic acids is 1. The number of carbonyl (C=O) groups is 1. The van der Waals surface area contributed by atoms with Crippen molar-refractivity contribution in [2.45, 2.75) is 45.2 Å². The predicted molar refractivity (Wildman–Crippen MR) is 72.4 cm³/mol. The van der Waals surface area contributed by atoms with Gasteiger partial charge >= 0.3 is 0 Å². The number of nitrogens with zero attached hydrogens (tertiary/aromatic N) is 4. The van der Waals surface area contributed by atoms with E-state index in [1.807, 2.05) is 18.9 Å². The Bertz CT molecular complexity index is 409. The molecule has 1 amide bonds. The molecule has 106 valence electrons. The molecule has 0 radical (unpaired) electrons. The lowest BCUT2D eigenvalue weighted by Gasteiger charge is -2.24. The first kappa shape index (κ1) is 14.0. The van der Waals surface area contributed by atoms with Gasteiger partial charge in [-0.15, -0.1) is 0 Å². The smallest absolute Gasteiger partial charge is 0.239 e. The molecule has 6 heteroatoms. The first-order chi connectivity index (χ1) is 9.16. The molecule has 1 aromatic heterocycles. The zero-order valence-corrected chi connectivity index (χ0v) is 11.8. The van der Waals surface area contributed by atoms with E-state index < -0.39 is 0 Å². The van der Waals surface area contributed by atoms with E-state index >= 15 is 0 Å². The predicted octanol–water partition coefficient (Wildman–Crippen LogP) is 0.696. The lowest BCUT2D eigenvalue weighted by atomic mass is 10.2. The zero-order chi connectivity index (χ0) is 13.7. The van der Waals surface area contributed by atoms with Crippen molar-refractivity contribution in [3.8, 4) is 0 Å². The van der Waals surface area contributed by atoms with Crippen molar-refractivity contribution < 1.29 is 4.79 Å². The van der Waals surface area contributed by atoms with E-state index in [4.69, 9.17) is 0 Å². The number of likely N-dealkylation sites (tertiary alicyclic amines) is 1. The summed E-state index contributed by atoms with van der Waals surface area (Å²) >= 11 is 0. The number of aryl methyl sites for hydroxylation is 1. The van der Waals surface area contributed by atoms with E-state index in [-0.39, 0.29) is 11.9 Å². The Hall–Kier alpha value is -1.43. The van der Waals surface area contributed by atoms with Crippen molar-refractivity contribution >= 4 is 5.91 Å². The van der Waals surface area contributed by atoms with Crippen molar-refractivity contribution in [1.82, 2.24) is 25.0 Å². The van der Waals surface area contributed by atoms with E-state index in [2.05, 4.69) is 15.4 Å². The maximum absolute atomic E-state index is 12.3. The second kappa shape index (κ2) is 6.65. The molecule has 0 bridgehead atoms. The fraction of sp³-hybridized carbons (Fsp3) is 0.769. The Morgan fingerprint density at radius 2 is 2.05 bits per heavy atom. The third-order valence-corrected chi connectivity index (χ3v) is 3.50. The minimum absolute atomic E-state index is 0.179. The van der Waals surface area contributed by atoms with E-state index in [0.29, 0.717) is 6.54 Å². The van der Waals surface area contributed by atoms with Crippen LogP contribution in [0, 0.1) is 0 Å². The minimum Gasteiger partial charge on any atom is -0.341 e. The highest BCUT2D eigenvalue weighted by molar-refractivity contribution is 5.81. The van der Waals surface area contributed by atoms with E-state index in [0.717, 1.165) is 31.8 Å². The van der Waals surface area contributed by atoms with Gasteiger partial charge in [-0.2, -0.15) is 5.10 Å². The molecule has 1 fully saturated rings. The van der Waals surface area contributed by atoms with Crippen molar-refractivity contribution in [2.75, 3.05) is 13.1 Å². The van der Waals surface area contributed by atoms with Gasteiger partial charge < -0.3 is 4.90 Å². The normalized spacial score (nSPS) is 18.1. The van der Waals surface area contributed by atoms with Gasteiger partial charge in [0.2, 0.25) is 5.91 Å².